The number of amides is 1. The molecular weight excluding hydrogens is 262 g/mol. The highest BCUT2D eigenvalue weighted by molar-refractivity contribution is 8.25. The number of anilines is 1. The molecule has 1 heterocycles. The maximum Gasteiger partial charge on any atom is 0.246 e. The average molecular weight is 272 g/mol. The van der Waals surface area contributed by atoms with E-state index in [2.05, 4.69) is 0 Å². The van der Waals surface area contributed by atoms with Crippen LogP contribution in [0.1, 0.15) is 13.3 Å². The second-order valence-corrected chi connectivity index (χ2v) is 5.70. The van der Waals surface area contributed by atoms with Crippen molar-refractivity contribution in [3.05, 3.63) is 29.3 Å². The first kappa shape index (κ1) is 11.9. The molecule has 0 aromatic heterocycles. The van der Waals surface area contributed by atoms with Crippen LogP contribution in [-0.4, -0.2) is 15.5 Å². The van der Waals surface area contributed by atoms with E-state index in [4.69, 9.17) is 23.8 Å². The van der Waals surface area contributed by atoms with Gasteiger partial charge in [0.15, 0.2) is 0 Å². The Morgan fingerprint density at radius 1 is 1.44 bits per heavy atom. The highest BCUT2D eigenvalue weighted by Gasteiger charge is 2.36. The molecule has 1 fully saturated rings. The van der Waals surface area contributed by atoms with Gasteiger partial charge in [0.25, 0.3) is 0 Å². The number of nitrogens with zero attached hydrogens (tertiary/aromatic N) is 1. The normalized spacial score (nSPS) is 20.6. The Labute approximate surface area is 109 Å². The lowest BCUT2D eigenvalue weighted by molar-refractivity contribution is -0.116. The van der Waals surface area contributed by atoms with Gasteiger partial charge in [0.2, 0.25) is 5.91 Å². The zero-order chi connectivity index (χ0) is 11.7. The lowest BCUT2D eigenvalue weighted by Gasteiger charge is -2.15. The minimum atomic E-state index is -0.0387. The topological polar surface area (TPSA) is 20.3 Å². The molecule has 0 bridgehead atoms. The second-order valence-electron chi connectivity index (χ2n) is 3.43. The minimum Gasteiger partial charge on any atom is -0.273 e. The second kappa shape index (κ2) is 4.73. The molecule has 2 nitrogen and oxygen atoms in total. The number of hydrogen-bond acceptors (Lipinski definition) is 3. The molecule has 1 amide bonds. The molecule has 2 rings (SSSR count). The van der Waals surface area contributed by atoms with Gasteiger partial charge in [-0.25, -0.2) is 0 Å². The molecule has 0 N–H and O–H groups in total. The Balaban J connectivity index is 2.31. The first-order chi connectivity index (χ1) is 7.63. The molecule has 16 heavy (non-hydrogen) atoms. The van der Waals surface area contributed by atoms with E-state index >= 15 is 0 Å². The summed E-state index contributed by atoms with van der Waals surface area (Å²) in [5, 5.41) is 0.615. The third-order valence-corrected chi connectivity index (χ3v) is 4.30. The van der Waals surface area contributed by atoms with Crippen molar-refractivity contribution in [3.8, 4) is 0 Å². The van der Waals surface area contributed by atoms with Crippen molar-refractivity contribution in [2.75, 3.05) is 4.90 Å². The average Bonchev–Trinajstić information content (AvgIpc) is 2.56. The summed E-state index contributed by atoms with van der Waals surface area (Å²) < 4.78 is 0.624. The monoisotopic (exact) mass is 271 g/mol. The van der Waals surface area contributed by atoms with E-state index in [-0.39, 0.29) is 11.2 Å². The number of benzene rings is 1. The molecule has 1 aliphatic rings. The summed E-state index contributed by atoms with van der Waals surface area (Å²) in [5.74, 6) is 0.0693. The largest absolute Gasteiger partial charge is 0.273 e. The SMILES string of the molecule is CCC1SC(=S)N(c2ccc(Cl)cc2)C1=O. The van der Waals surface area contributed by atoms with Crippen molar-refractivity contribution in [1.82, 2.24) is 0 Å². The van der Waals surface area contributed by atoms with Gasteiger partial charge in [-0.05, 0) is 30.7 Å². The van der Waals surface area contributed by atoms with E-state index in [1.807, 2.05) is 19.1 Å². The number of rotatable bonds is 2. The minimum absolute atomic E-state index is 0.0387. The van der Waals surface area contributed by atoms with Crippen LogP contribution < -0.4 is 4.90 Å². The molecule has 0 saturated carbocycles. The van der Waals surface area contributed by atoms with Crippen molar-refractivity contribution < 1.29 is 4.79 Å². The van der Waals surface area contributed by atoms with Gasteiger partial charge >= 0.3 is 0 Å². The summed E-state index contributed by atoms with van der Waals surface area (Å²) in [7, 11) is 0. The molecule has 1 saturated heterocycles. The first-order valence-corrected chi connectivity index (χ1v) is 6.60. The van der Waals surface area contributed by atoms with Gasteiger partial charge in [0.05, 0.1) is 10.9 Å². The van der Waals surface area contributed by atoms with E-state index in [0.29, 0.717) is 9.34 Å². The van der Waals surface area contributed by atoms with Gasteiger partial charge in [-0.1, -0.05) is 42.5 Å². The fourth-order valence-corrected chi connectivity index (χ4v) is 3.13. The molecule has 0 radical (unpaired) electrons. The van der Waals surface area contributed by atoms with Gasteiger partial charge in [0, 0.05) is 5.02 Å². The van der Waals surface area contributed by atoms with Crippen LogP contribution in [0.4, 0.5) is 5.69 Å². The van der Waals surface area contributed by atoms with Crippen LogP contribution in [0.15, 0.2) is 24.3 Å². The van der Waals surface area contributed by atoms with Crippen molar-refractivity contribution in [2.45, 2.75) is 18.6 Å². The van der Waals surface area contributed by atoms with Crippen molar-refractivity contribution >= 4 is 51.5 Å². The van der Waals surface area contributed by atoms with Crippen molar-refractivity contribution in [2.24, 2.45) is 0 Å². The molecule has 1 aliphatic heterocycles. The molecule has 0 spiro atoms. The molecule has 84 valence electrons. The highest BCUT2D eigenvalue weighted by atomic mass is 35.5. The highest BCUT2D eigenvalue weighted by Crippen LogP contribution is 2.33. The van der Waals surface area contributed by atoms with Crippen molar-refractivity contribution in [1.29, 1.82) is 0 Å². The van der Waals surface area contributed by atoms with Crippen LogP contribution in [0.5, 0.6) is 0 Å². The Kier molecular flexibility index (Phi) is 3.52. The van der Waals surface area contributed by atoms with Crippen LogP contribution >= 0.6 is 35.6 Å². The van der Waals surface area contributed by atoms with Gasteiger partial charge < -0.3 is 0 Å². The van der Waals surface area contributed by atoms with Crippen molar-refractivity contribution in [3.63, 3.8) is 0 Å². The summed E-state index contributed by atoms with van der Waals surface area (Å²) in [6.07, 6.45) is 0.799. The molecule has 1 atom stereocenters. The Morgan fingerprint density at radius 2 is 2.06 bits per heavy atom. The Bertz CT molecular complexity index is 432. The third-order valence-electron chi connectivity index (χ3n) is 2.38. The third kappa shape index (κ3) is 2.10. The fourth-order valence-electron chi connectivity index (χ4n) is 1.54. The van der Waals surface area contributed by atoms with E-state index in [1.165, 1.54) is 11.8 Å². The number of thiocarbonyl (C=S) groups is 1. The first-order valence-electron chi connectivity index (χ1n) is 4.93. The van der Waals surface area contributed by atoms with Crippen LogP contribution in [0.2, 0.25) is 5.02 Å². The number of hydrogen-bond donors (Lipinski definition) is 0. The molecule has 1 aromatic carbocycles. The summed E-state index contributed by atoms with van der Waals surface area (Å²) in [6, 6.07) is 7.14. The molecule has 1 aromatic rings. The number of carbonyl (C=O) groups excluding carboxylic acids is 1. The van der Waals surface area contributed by atoms with Crippen LogP contribution in [-0.2, 0) is 4.79 Å². The Hall–Kier alpha value is -0.580. The van der Waals surface area contributed by atoms with Gasteiger partial charge in [-0.3, -0.25) is 9.69 Å². The predicted molar refractivity (Wildman–Crippen MR) is 73.2 cm³/mol. The zero-order valence-electron chi connectivity index (χ0n) is 8.64. The summed E-state index contributed by atoms with van der Waals surface area (Å²) >= 11 is 12.5. The quantitative estimate of drug-likeness (QED) is 0.768. The summed E-state index contributed by atoms with van der Waals surface area (Å²) in [4.78, 5) is 13.6. The number of carbonyl (C=O) groups is 1. The van der Waals surface area contributed by atoms with Gasteiger partial charge in [0.1, 0.15) is 4.32 Å². The smallest absolute Gasteiger partial charge is 0.246 e. The van der Waals surface area contributed by atoms with E-state index in [1.54, 1.807) is 17.0 Å². The maximum absolute atomic E-state index is 12.0. The summed E-state index contributed by atoms with van der Waals surface area (Å²) in [6.45, 7) is 1.99. The summed E-state index contributed by atoms with van der Waals surface area (Å²) in [5.41, 5.74) is 0.794. The standard InChI is InChI=1S/C11H10ClNOS2/c1-2-9-10(14)13(11(15)16-9)8-5-3-7(12)4-6-8/h3-6,9H,2H2,1H3. The van der Waals surface area contributed by atoms with Crippen LogP contribution in [0, 0.1) is 0 Å². The molecule has 0 aliphatic carbocycles. The lowest BCUT2D eigenvalue weighted by atomic mass is 10.2. The van der Waals surface area contributed by atoms with Gasteiger partial charge in [-0.2, -0.15) is 0 Å². The van der Waals surface area contributed by atoms with Gasteiger partial charge in [-0.15, -0.1) is 0 Å². The lowest BCUT2D eigenvalue weighted by Crippen LogP contribution is -2.30. The Morgan fingerprint density at radius 3 is 2.56 bits per heavy atom. The van der Waals surface area contributed by atoms with E-state index in [0.717, 1.165) is 12.1 Å². The van der Waals surface area contributed by atoms with E-state index in [9.17, 15) is 4.79 Å². The van der Waals surface area contributed by atoms with E-state index < -0.39 is 0 Å². The van der Waals surface area contributed by atoms with Crippen LogP contribution in [0.3, 0.4) is 0 Å². The molecule has 1 unspecified atom stereocenters. The molecular formula is C11H10ClNOS2. The maximum atomic E-state index is 12.0. The van der Waals surface area contributed by atoms with Crippen LogP contribution in [0.25, 0.3) is 0 Å². The predicted octanol–water partition coefficient (Wildman–Crippen LogP) is 3.48. The molecule has 5 heteroatoms. The zero-order valence-corrected chi connectivity index (χ0v) is 11.0. The fraction of sp³-hybridized carbons (Fsp3) is 0.273. The number of thioether (sulfide) groups is 1. The number of halogens is 1.